The summed E-state index contributed by atoms with van der Waals surface area (Å²) in [5.74, 6) is 0. The van der Waals surface area contributed by atoms with Gasteiger partial charge in [0.25, 0.3) is 0 Å². The van der Waals surface area contributed by atoms with Gasteiger partial charge in [-0.1, -0.05) is 70.2 Å². The number of hydrogen-bond donors (Lipinski definition) is 0. The van der Waals surface area contributed by atoms with Crippen molar-refractivity contribution in [1.82, 2.24) is 0 Å². The van der Waals surface area contributed by atoms with Gasteiger partial charge >= 0.3 is 0 Å². The largest absolute Gasteiger partial charge is 0.0619 e. The molecule has 0 unspecified atom stereocenters. The van der Waals surface area contributed by atoms with E-state index in [1.54, 1.807) is 11.1 Å². The van der Waals surface area contributed by atoms with E-state index in [1.807, 2.05) is 0 Å². The predicted molar refractivity (Wildman–Crippen MR) is 89.6 cm³/mol. The number of benzene rings is 2. The lowest BCUT2D eigenvalue weighted by atomic mass is 9.36. The van der Waals surface area contributed by atoms with Crippen molar-refractivity contribution in [2.24, 2.45) is 10.8 Å². The molecule has 0 heterocycles. The van der Waals surface area contributed by atoms with Crippen LogP contribution in [-0.4, -0.2) is 0 Å². The minimum absolute atomic E-state index is 0.165. The highest BCUT2D eigenvalue weighted by atomic mass is 14.7. The summed E-state index contributed by atoms with van der Waals surface area (Å²) in [6.07, 6.45) is 1.28. The predicted octanol–water partition coefficient (Wildman–Crippen LogP) is 5.72. The second-order valence-electron chi connectivity index (χ2n) is 8.24. The highest BCUT2D eigenvalue weighted by Gasteiger charge is 2.69. The van der Waals surface area contributed by atoms with Crippen molar-refractivity contribution in [3.63, 3.8) is 0 Å². The average Bonchev–Trinajstić information content (AvgIpc) is 2.71. The van der Waals surface area contributed by atoms with Crippen molar-refractivity contribution in [2.75, 3.05) is 0 Å². The van der Waals surface area contributed by atoms with E-state index in [1.165, 1.54) is 23.1 Å². The molecule has 0 amide bonds. The van der Waals surface area contributed by atoms with Crippen molar-refractivity contribution >= 4 is 0 Å². The molecule has 4 rings (SSSR count). The molecular formula is C21H24. The van der Waals surface area contributed by atoms with Gasteiger partial charge in [-0.05, 0) is 52.0 Å². The quantitative estimate of drug-likeness (QED) is 0.577. The molecule has 1 fully saturated rings. The summed E-state index contributed by atoms with van der Waals surface area (Å²) in [4.78, 5) is 0. The zero-order valence-electron chi connectivity index (χ0n) is 13.7. The van der Waals surface area contributed by atoms with Gasteiger partial charge in [0.2, 0.25) is 0 Å². The Labute approximate surface area is 128 Å². The van der Waals surface area contributed by atoms with Gasteiger partial charge in [0, 0.05) is 5.41 Å². The first kappa shape index (κ1) is 13.1. The van der Waals surface area contributed by atoms with Crippen LogP contribution in [-0.2, 0) is 5.41 Å². The van der Waals surface area contributed by atoms with Crippen LogP contribution in [0.15, 0.2) is 42.5 Å². The summed E-state index contributed by atoms with van der Waals surface area (Å²) in [5, 5.41) is 0. The molecule has 0 N–H and O–H groups in total. The summed E-state index contributed by atoms with van der Waals surface area (Å²) in [6, 6.07) is 16.0. The van der Waals surface area contributed by atoms with E-state index in [2.05, 4.69) is 77.1 Å². The topological polar surface area (TPSA) is 0 Å². The fraction of sp³-hybridized carbons (Fsp3) is 0.429. The molecule has 0 nitrogen and oxygen atoms in total. The van der Waals surface area contributed by atoms with Crippen LogP contribution >= 0.6 is 0 Å². The zero-order valence-corrected chi connectivity index (χ0v) is 13.7. The summed E-state index contributed by atoms with van der Waals surface area (Å²) in [7, 11) is 0. The van der Waals surface area contributed by atoms with E-state index >= 15 is 0 Å². The Balaban J connectivity index is 2.18. The van der Waals surface area contributed by atoms with Crippen LogP contribution in [0.2, 0.25) is 0 Å². The Kier molecular flexibility index (Phi) is 2.25. The molecular weight excluding hydrogens is 252 g/mol. The Morgan fingerprint density at radius 2 is 1.38 bits per heavy atom. The first-order valence-electron chi connectivity index (χ1n) is 8.03. The first-order chi connectivity index (χ1) is 9.83. The second-order valence-corrected chi connectivity index (χ2v) is 8.24. The highest BCUT2D eigenvalue weighted by molar-refractivity contribution is 5.85. The van der Waals surface area contributed by atoms with Crippen molar-refractivity contribution in [3.05, 3.63) is 59.2 Å². The van der Waals surface area contributed by atoms with Crippen molar-refractivity contribution in [1.29, 1.82) is 0 Å². The molecule has 2 aromatic carbocycles. The summed E-state index contributed by atoms with van der Waals surface area (Å²) < 4.78 is 0. The Morgan fingerprint density at radius 3 is 2.05 bits per heavy atom. The lowest BCUT2D eigenvalue weighted by Gasteiger charge is -2.67. The van der Waals surface area contributed by atoms with Gasteiger partial charge in [-0.15, -0.1) is 0 Å². The van der Waals surface area contributed by atoms with Crippen LogP contribution in [0.1, 0.15) is 50.8 Å². The van der Waals surface area contributed by atoms with Gasteiger partial charge in [0.15, 0.2) is 0 Å². The lowest BCUT2D eigenvalue weighted by Crippen LogP contribution is -2.63. The molecule has 1 spiro atoms. The van der Waals surface area contributed by atoms with E-state index < -0.39 is 0 Å². The molecule has 0 aliphatic heterocycles. The molecule has 1 saturated carbocycles. The molecule has 108 valence electrons. The maximum absolute atomic E-state index is 2.45. The average molecular weight is 276 g/mol. The Bertz CT molecular complexity index is 732. The molecule has 0 radical (unpaired) electrons. The molecule has 2 aliphatic rings. The standard InChI is InChI=1S/C21H24/c1-14-9-8-12-17-18(14)15-10-6-7-11-16(15)21(17)19(2,3)13-20(21,4)5/h6-12H,13H2,1-5H3. The van der Waals surface area contributed by atoms with Crippen LogP contribution in [0.5, 0.6) is 0 Å². The van der Waals surface area contributed by atoms with E-state index in [9.17, 15) is 0 Å². The minimum Gasteiger partial charge on any atom is -0.0619 e. The fourth-order valence-electron chi connectivity index (χ4n) is 6.15. The summed E-state index contributed by atoms with van der Waals surface area (Å²) in [5.41, 5.74) is 8.27. The number of aryl methyl sites for hydroxylation is 1. The third-order valence-corrected chi connectivity index (χ3v) is 6.19. The maximum atomic E-state index is 2.45. The smallest absolute Gasteiger partial charge is 0.0317 e. The first-order valence-corrected chi connectivity index (χ1v) is 8.03. The molecule has 0 heteroatoms. The minimum atomic E-state index is 0.165. The molecule has 21 heavy (non-hydrogen) atoms. The van der Waals surface area contributed by atoms with Crippen LogP contribution in [0.3, 0.4) is 0 Å². The van der Waals surface area contributed by atoms with Gasteiger partial charge in [-0.2, -0.15) is 0 Å². The lowest BCUT2D eigenvalue weighted by molar-refractivity contribution is -0.0858. The van der Waals surface area contributed by atoms with E-state index in [0.717, 1.165) is 0 Å². The van der Waals surface area contributed by atoms with Crippen molar-refractivity contribution in [2.45, 2.75) is 46.5 Å². The Morgan fingerprint density at radius 1 is 0.762 bits per heavy atom. The van der Waals surface area contributed by atoms with Gasteiger partial charge in [0.05, 0.1) is 0 Å². The number of hydrogen-bond acceptors (Lipinski definition) is 0. The van der Waals surface area contributed by atoms with Crippen LogP contribution < -0.4 is 0 Å². The molecule has 0 aromatic heterocycles. The molecule has 0 bridgehead atoms. The molecule has 0 saturated heterocycles. The summed E-state index contributed by atoms with van der Waals surface area (Å²) >= 11 is 0. The number of fused-ring (bicyclic) bond motifs is 5. The zero-order chi connectivity index (χ0) is 15.0. The van der Waals surface area contributed by atoms with Crippen LogP contribution in [0.4, 0.5) is 0 Å². The van der Waals surface area contributed by atoms with Gasteiger partial charge in [-0.3, -0.25) is 0 Å². The SMILES string of the molecule is Cc1cccc2c1-c1ccccc1C21C(C)(C)CC1(C)C. The fourth-order valence-corrected chi connectivity index (χ4v) is 6.15. The highest BCUT2D eigenvalue weighted by Crippen LogP contribution is 2.75. The van der Waals surface area contributed by atoms with E-state index in [4.69, 9.17) is 0 Å². The second kappa shape index (κ2) is 3.61. The van der Waals surface area contributed by atoms with E-state index in [0.29, 0.717) is 10.8 Å². The maximum Gasteiger partial charge on any atom is 0.0317 e. The molecule has 0 atom stereocenters. The Hall–Kier alpha value is -1.56. The van der Waals surface area contributed by atoms with Crippen molar-refractivity contribution < 1.29 is 0 Å². The third-order valence-electron chi connectivity index (χ3n) is 6.19. The molecule has 2 aliphatic carbocycles. The van der Waals surface area contributed by atoms with Crippen molar-refractivity contribution in [3.8, 4) is 11.1 Å². The van der Waals surface area contributed by atoms with Gasteiger partial charge in [-0.25, -0.2) is 0 Å². The van der Waals surface area contributed by atoms with Crippen LogP contribution in [0.25, 0.3) is 11.1 Å². The molecule has 2 aromatic rings. The van der Waals surface area contributed by atoms with Gasteiger partial charge in [0.1, 0.15) is 0 Å². The van der Waals surface area contributed by atoms with Gasteiger partial charge < -0.3 is 0 Å². The van der Waals surface area contributed by atoms with Crippen LogP contribution in [0, 0.1) is 17.8 Å². The monoisotopic (exact) mass is 276 g/mol. The normalized spacial score (nSPS) is 22.5. The number of rotatable bonds is 0. The third kappa shape index (κ3) is 1.24. The van der Waals surface area contributed by atoms with E-state index in [-0.39, 0.29) is 5.41 Å². The summed E-state index contributed by atoms with van der Waals surface area (Å²) in [6.45, 7) is 12.1.